The van der Waals surface area contributed by atoms with Crippen molar-refractivity contribution in [3.05, 3.63) is 23.7 Å². The zero-order valence-electron chi connectivity index (χ0n) is 9.54. The highest BCUT2D eigenvalue weighted by atomic mass is 32.1. The first kappa shape index (κ1) is 12.0. The first-order valence-corrected chi connectivity index (χ1v) is 5.58. The van der Waals surface area contributed by atoms with Gasteiger partial charge in [0.05, 0.1) is 6.26 Å². The zero-order chi connectivity index (χ0) is 11.3. The maximum Gasteiger partial charge on any atom is 0.168 e. The minimum absolute atomic E-state index is 0.789. The van der Waals surface area contributed by atoms with Crippen LogP contribution in [0.2, 0.25) is 0 Å². The summed E-state index contributed by atoms with van der Waals surface area (Å²) >= 11 is 5.24. The molecule has 0 saturated heterocycles. The maximum absolute atomic E-state index is 5.24. The number of thiocarbonyl (C=S) groups is 1. The predicted molar refractivity (Wildman–Crippen MR) is 65.8 cm³/mol. The van der Waals surface area contributed by atoms with Crippen molar-refractivity contribution in [2.75, 3.05) is 13.6 Å². The number of nitrogens with one attached hydrogen (secondary N) is 1. The van der Waals surface area contributed by atoms with Crippen LogP contribution in [0.25, 0.3) is 0 Å². The number of hydrogen-bond donors (Lipinski definition) is 1. The molecule has 0 unspecified atom stereocenters. The van der Waals surface area contributed by atoms with Crippen molar-refractivity contribution >= 4 is 17.3 Å². The number of rotatable bonds is 4. The standard InChI is InChI=1S/C11H18N2OS/c1-4-6-12-11(15)13(3)8-10-5-7-14-9(10)2/h5,7H,4,6,8H2,1-3H3,(H,12,15). The summed E-state index contributed by atoms with van der Waals surface area (Å²) in [6.45, 7) is 5.80. The predicted octanol–water partition coefficient (Wildman–Crippen LogP) is 2.30. The highest BCUT2D eigenvalue weighted by Gasteiger charge is 2.07. The van der Waals surface area contributed by atoms with Gasteiger partial charge in [0, 0.05) is 25.7 Å². The lowest BCUT2D eigenvalue weighted by molar-refractivity contribution is 0.473. The summed E-state index contributed by atoms with van der Waals surface area (Å²) in [5.74, 6) is 0.958. The van der Waals surface area contributed by atoms with Gasteiger partial charge in [-0.05, 0) is 31.6 Å². The lowest BCUT2D eigenvalue weighted by atomic mass is 10.2. The zero-order valence-corrected chi connectivity index (χ0v) is 10.4. The van der Waals surface area contributed by atoms with Crippen LogP contribution in [0.1, 0.15) is 24.7 Å². The third kappa shape index (κ3) is 3.55. The Morgan fingerprint density at radius 2 is 2.33 bits per heavy atom. The Balaban J connectivity index is 2.45. The lowest BCUT2D eigenvalue weighted by Gasteiger charge is -2.20. The molecule has 0 radical (unpaired) electrons. The van der Waals surface area contributed by atoms with Gasteiger partial charge in [-0.25, -0.2) is 0 Å². The number of aryl methyl sites for hydroxylation is 1. The highest BCUT2D eigenvalue weighted by molar-refractivity contribution is 7.80. The quantitative estimate of drug-likeness (QED) is 0.798. The summed E-state index contributed by atoms with van der Waals surface area (Å²) in [5, 5.41) is 3.98. The van der Waals surface area contributed by atoms with Crippen LogP contribution in [-0.4, -0.2) is 23.6 Å². The van der Waals surface area contributed by atoms with Gasteiger partial charge in [0.25, 0.3) is 0 Å². The summed E-state index contributed by atoms with van der Waals surface area (Å²) in [5.41, 5.74) is 1.18. The van der Waals surface area contributed by atoms with Gasteiger partial charge in [-0.2, -0.15) is 0 Å². The molecule has 0 saturated carbocycles. The summed E-state index contributed by atoms with van der Waals surface area (Å²) in [6, 6.07) is 1.98. The topological polar surface area (TPSA) is 28.4 Å². The number of furan rings is 1. The summed E-state index contributed by atoms with van der Waals surface area (Å²) in [4.78, 5) is 2.02. The van der Waals surface area contributed by atoms with Crippen molar-refractivity contribution in [2.45, 2.75) is 26.8 Å². The van der Waals surface area contributed by atoms with E-state index in [0.29, 0.717) is 0 Å². The van der Waals surface area contributed by atoms with E-state index in [9.17, 15) is 0 Å². The van der Waals surface area contributed by atoms with Crippen molar-refractivity contribution < 1.29 is 4.42 Å². The Labute approximate surface area is 96.4 Å². The van der Waals surface area contributed by atoms with Crippen molar-refractivity contribution in [3.8, 4) is 0 Å². The fourth-order valence-corrected chi connectivity index (χ4v) is 1.44. The molecule has 1 rings (SSSR count). The molecule has 3 nitrogen and oxygen atoms in total. The average Bonchev–Trinajstić information content (AvgIpc) is 2.61. The highest BCUT2D eigenvalue weighted by Crippen LogP contribution is 2.10. The van der Waals surface area contributed by atoms with Crippen LogP contribution < -0.4 is 5.32 Å². The summed E-state index contributed by atoms with van der Waals surface area (Å²) < 4.78 is 5.24. The van der Waals surface area contributed by atoms with Gasteiger partial charge in [-0.1, -0.05) is 6.92 Å². The summed E-state index contributed by atoms with van der Waals surface area (Å²) in [7, 11) is 1.98. The second-order valence-corrected chi connectivity index (χ2v) is 3.98. The van der Waals surface area contributed by atoms with E-state index in [4.69, 9.17) is 16.6 Å². The van der Waals surface area contributed by atoms with E-state index in [-0.39, 0.29) is 0 Å². The molecule has 0 fully saturated rings. The van der Waals surface area contributed by atoms with Gasteiger partial charge in [-0.15, -0.1) is 0 Å². The van der Waals surface area contributed by atoms with Gasteiger partial charge in [0.1, 0.15) is 5.76 Å². The molecule has 0 atom stereocenters. The molecular weight excluding hydrogens is 208 g/mol. The third-order valence-corrected chi connectivity index (χ3v) is 2.70. The van der Waals surface area contributed by atoms with Gasteiger partial charge >= 0.3 is 0 Å². The largest absolute Gasteiger partial charge is 0.469 e. The molecular formula is C11H18N2OS. The van der Waals surface area contributed by atoms with E-state index >= 15 is 0 Å². The Bertz CT molecular complexity index is 322. The third-order valence-electron chi connectivity index (χ3n) is 2.25. The molecule has 15 heavy (non-hydrogen) atoms. The lowest BCUT2D eigenvalue weighted by Crippen LogP contribution is -2.36. The Kier molecular flexibility index (Phi) is 4.62. The molecule has 0 aliphatic rings. The Hall–Kier alpha value is -1.03. The van der Waals surface area contributed by atoms with Crippen LogP contribution in [-0.2, 0) is 6.54 Å². The molecule has 1 aromatic heterocycles. The normalized spacial score (nSPS) is 10.1. The van der Waals surface area contributed by atoms with Crippen LogP contribution in [0, 0.1) is 6.92 Å². The monoisotopic (exact) mass is 226 g/mol. The smallest absolute Gasteiger partial charge is 0.168 e. The van der Waals surface area contributed by atoms with E-state index in [2.05, 4.69) is 12.2 Å². The van der Waals surface area contributed by atoms with E-state index in [1.807, 2.05) is 24.9 Å². The van der Waals surface area contributed by atoms with Crippen molar-refractivity contribution in [1.29, 1.82) is 0 Å². The molecule has 84 valence electrons. The van der Waals surface area contributed by atoms with E-state index < -0.39 is 0 Å². The molecule has 0 bridgehead atoms. The second-order valence-electron chi connectivity index (χ2n) is 3.59. The minimum Gasteiger partial charge on any atom is -0.469 e. The summed E-state index contributed by atoms with van der Waals surface area (Å²) in [6.07, 6.45) is 2.79. The average molecular weight is 226 g/mol. The molecule has 0 amide bonds. The molecule has 1 heterocycles. The molecule has 1 aromatic rings. The van der Waals surface area contributed by atoms with Crippen molar-refractivity contribution in [3.63, 3.8) is 0 Å². The minimum atomic E-state index is 0.789. The molecule has 0 aliphatic heterocycles. The van der Waals surface area contributed by atoms with Crippen molar-refractivity contribution in [2.24, 2.45) is 0 Å². The van der Waals surface area contributed by atoms with Gasteiger partial charge in [0.15, 0.2) is 5.11 Å². The molecule has 0 spiro atoms. The fourth-order valence-electron chi connectivity index (χ4n) is 1.27. The van der Waals surface area contributed by atoms with E-state index in [0.717, 1.165) is 30.4 Å². The van der Waals surface area contributed by atoms with E-state index in [1.54, 1.807) is 6.26 Å². The van der Waals surface area contributed by atoms with Crippen LogP contribution in [0.5, 0.6) is 0 Å². The van der Waals surface area contributed by atoms with Gasteiger partial charge in [-0.3, -0.25) is 0 Å². The van der Waals surface area contributed by atoms with Crippen LogP contribution >= 0.6 is 12.2 Å². The molecule has 4 heteroatoms. The molecule has 0 aromatic carbocycles. The Morgan fingerprint density at radius 1 is 1.60 bits per heavy atom. The first-order chi connectivity index (χ1) is 7.15. The van der Waals surface area contributed by atoms with Gasteiger partial charge < -0.3 is 14.6 Å². The molecule has 0 aliphatic carbocycles. The van der Waals surface area contributed by atoms with Gasteiger partial charge in [0.2, 0.25) is 0 Å². The SMILES string of the molecule is CCCNC(=S)N(C)Cc1ccoc1C. The first-order valence-electron chi connectivity index (χ1n) is 5.17. The Morgan fingerprint density at radius 3 is 2.87 bits per heavy atom. The number of nitrogens with zero attached hydrogens (tertiary/aromatic N) is 1. The second kappa shape index (κ2) is 5.75. The van der Waals surface area contributed by atoms with Crippen LogP contribution in [0.4, 0.5) is 0 Å². The molecule has 1 N–H and O–H groups in total. The maximum atomic E-state index is 5.24. The van der Waals surface area contributed by atoms with E-state index in [1.165, 1.54) is 5.56 Å². The van der Waals surface area contributed by atoms with Crippen LogP contribution in [0.15, 0.2) is 16.7 Å². The van der Waals surface area contributed by atoms with Crippen molar-refractivity contribution in [1.82, 2.24) is 10.2 Å². The van der Waals surface area contributed by atoms with Crippen LogP contribution in [0.3, 0.4) is 0 Å². The number of hydrogen-bond acceptors (Lipinski definition) is 2. The fraction of sp³-hybridized carbons (Fsp3) is 0.545.